The van der Waals surface area contributed by atoms with E-state index in [2.05, 4.69) is 9.97 Å². The Hall–Kier alpha value is -3.21. The molecule has 0 bridgehead atoms. The molecule has 5 nitrogen and oxygen atoms in total. The molecule has 0 saturated heterocycles. The van der Waals surface area contributed by atoms with Crippen LogP contribution in [0.25, 0.3) is 38.1 Å². The summed E-state index contributed by atoms with van der Waals surface area (Å²) in [4.78, 5) is 21.7. The minimum atomic E-state index is -0.0481. The Balaban J connectivity index is 2.21. The maximum atomic E-state index is 13.0. The van der Waals surface area contributed by atoms with Crippen LogP contribution in [0.3, 0.4) is 0 Å². The molecule has 0 aliphatic carbocycles. The Bertz CT molecular complexity index is 1270. The monoisotopic (exact) mass is 301 g/mol. The lowest BCUT2D eigenvalue weighted by molar-refractivity contribution is 0.415. The first-order valence-electron chi connectivity index (χ1n) is 7.26. The highest BCUT2D eigenvalue weighted by Gasteiger charge is 2.17. The molecule has 0 aliphatic heterocycles. The molecule has 0 amide bonds. The summed E-state index contributed by atoms with van der Waals surface area (Å²) in [6.45, 7) is 0. The van der Waals surface area contributed by atoms with E-state index in [1.54, 1.807) is 36.2 Å². The standard InChI is InChI=1S/C18H11N3O2/c1-23-10-2-3-15-13(8-10)11-5-7-20-16-14-9-19-6-4-12(14)18(22)21(15)17(11)16/h2-9H,1H3. The molecule has 0 saturated carbocycles. The number of pyridine rings is 3. The van der Waals surface area contributed by atoms with Gasteiger partial charge in [-0.2, -0.15) is 0 Å². The number of rotatable bonds is 1. The summed E-state index contributed by atoms with van der Waals surface area (Å²) >= 11 is 0. The third-order valence-corrected chi connectivity index (χ3v) is 4.39. The Labute approximate surface area is 130 Å². The van der Waals surface area contributed by atoms with Crippen LogP contribution in [-0.4, -0.2) is 21.5 Å². The SMILES string of the molecule is COc1ccc2c(c1)c1ccnc3c4cnccc4c(=O)n2c13. The molecule has 0 N–H and O–H groups in total. The van der Waals surface area contributed by atoms with Gasteiger partial charge in [-0.15, -0.1) is 0 Å². The van der Waals surface area contributed by atoms with Crippen LogP contribution in [-0.2, 0) is 0 Å². The van der Waals surface area contributed by atoms with E-state index in [1.165, 1.54) is 0 Å². The van der Waals surface area contributed by atoms with Crippen molar-refractivity contribution >= 4 is 38.1 Å². The minimum absolute atomic E-state index is 0.0481. The smallest absolute Gasteiger partial charge is 0.263 e. The zero-order valence-electron chi connectivity index (χ0n) is 12.3. The highest BCUT2D eigenvalue weighted by atomic mass is 16.5. The number of ether oxygens (including phenoxy) is 1. The van der Waals surface area contributed by atoms with E-state index in [4.69, 9.17) is 4.74 Å². The van der Waals surface area contributed by atoms with Crippen molar-refractivity contribution in [2.75, 3.05) is 7.11 Å². The highest BCUT2D eigenvalue weighted by Crippen LogP contribution is 2.34. The minimum Gasteiger partial charge on any atom is -0.497 e. The van der Waals surface area contributed by atoms with Crippen molar-refractivity contribution in [3.05, 3.63) is 59.3 Å². The Morgan fingerprint density at radius 1 is 1.00 bits per heavy atom. The Kier molecular flexibility index (Phi) is 2.24. The van der Waals surface area contributed by atoms with Crippen molar-refractivity contribution in [3.8, 4) is 5.75 Å². The fourth-order valence-corrected chi connectivity index (χ4v) is 3.37. The van der Waals surface area contributed by atoms with E-state index in [9.17, 15) is 4.79 Å². The van der Waals surface area contributed by atoms with Crippen LogP contribution in [0.15, 0.2) is 53.7 Å². The van der Waals surface area contributed by atoms with Gasteiger partial charge in [-0.1, -0.05) is 0 Å². The molecule has 0 aliphatic rings. The second kappa shape index (κ2) is 4.16. The second-order valence-electron chi connectivity index (χ2n) is 5.50. The van der Waals surface area contributed by atoms with Crippen LogP contribution < -0.4 is 10.3 Å². The van der Waals surface area contributed by atoms with Crippen LogP contribution in [0, 0.1) is 0 Å². The van der Waals surface area contributed by atoms with Crippen molar-refractivity contribution in [2.45, 2.75) is 0 Å². The summed E-state index contributed by atoms with van der Waals surface area (Å²) in [5.74, 6) is 0.765. The summed E-state index contributed by atoms with van der Waals surface area (Å²) in [6, 6.07) is 9.43. The van der Waals surface area contributed by atoms with Crippen molar-refractivity contribution in [2.24, 2.45) is 0 Å². The highest BCUT2D eigenvalue weighted by molar-refractivity contribution is 6.18. The van der Waals surface area contributed by atoms with Crippen molar-refractivity contribution in [3.63, 3.8) is 0 Å². The summed E-state index contributed by atoms with van der Waals surface area (Å²) in [6.07, 6.45) is 5.11. The lowest BCUT2D eigenvalue weighted by Crippen LogP contribution is -2.13. The van der Waals surface area contributed by atoms with Crippen molar-refractivity contribution in [1.29, 1.82) is 0 Å². The molecular formula is C18H11N3O2. The van der Waals surface area contributed by atoms with Gasteiger partial charge in [0.15, 0.2) is 0 Å². The van der Waals surface area contributed by atoms with Crippen LogP contribution >= 0.6 is 0 Å². The van der Waals surface area contributed by atoms with Gasteiger partial charge in [0, 0.05) is 34.7 Å². The maximum absolute atomic E-state index is 13.0. The van der Waals surface area contributed by atoms with Gasteiger partial charge >= 0.3 is 0 Å². The number of hydrogen-bond acceptors (Lipinski definition) is 4. The van der Waals surface area contributed by atoms with Crippen molar-refractivity contribution in [1.82, 2.24) is 14.4 Å². The molecular weight excluding hydrogens is 290 g/mol. The summed E-state index contributed by atoms with van der Waals surface area (Å²) in [5, 5.41) is 3.38. The second-order valence-corrected chi connectivity index (χ2v) is 5.50. The van der Waals surface area contributed by atoms with Gasteiger partial charge in [0.1, 0.15) is 5.75 Å². The number of benzene rings is 1. The van der Waals surface area contributed by atoms with Gasteiger partial charge in [0.25, 0.3) is 5.56 Å². The average Bonchev–Trinajstić information content (AvgIpc) is 2.94. The molecule has 5 aromatic rings. The lowest BCUT2D eigenvalue weighted by Gasteiger charge is -2.04. The first-order valence-corrected chi connectivity index (χ1v) is 7.26. The van der Waals surface area contributed by atoms with Crippen LogP contribution in [0.2, 0.25) is 0 Å². The number of fused-ring (bicyclic) bond motifs is 5. The maximum Gasteiger partial charge on any atom is 0.263 e. The van der Waals surface area contributed by atoms with E-state index in [0.717, 1.165) is 38.5 Å². The van der Waals surface area contributed by atoms with E-state index < -0.39 is 0 Å². The molecule has 1 aromatic carbocycles. The third kappa shape index (κ3) is 1.43. The zero-order chi connectivity index (χ0) is 15.6. The zero-order valence-corrected chi connectivity index (χ0v) is 12.3. The average molecular weight is 301 g/mol. The predicted octanol–water partition coefficient (Wildman–Crippen LogP) is 3.00. The van der Waals surface area contributed by atoms with E-state index in [-0.39, 0.29) is 5.56 Å². The molecule has 23 heavy (non-hydrogen) atoms. The van der Waals surface area contributed by atoms with E-state index in [1.807, 2.05) is 24.3 Å². The van der Waals surface area contributed by atoms with Gasteiger partial charge in [0.05, 0.1) is 29.0 Å². The first-order chi connectivity index (χ1) is 11.3. The Morgan fingerprint density at radius 2 is 1.87 bits per heavy atom. The normalized spacial score (nSPS) is 11.9. The third-order valence-electron chi connectivity index (χ3n) is 4.39. The predicted molar refractivity (Wildman–Crippen MR) is 89.5 cm³/mol. The molecule has 4 aromatic heterocycles. The summed E-state index contributed by atoms with van der Waals surface area (Å²) in [7, 11) is 1.64. The molecule has 5 heteroatoms. The summed E-state index contributed by atoms with van der Waals surface area (Å²) < 4.78 is 7.07. The molecule has 0 spiro atoms. The first kappa shape index (κ1) is 12.3. The van der Waals surface area contributed by atoms with E-state index in [0.29, 0.717) is 5.39 Å². The molecule has 5 rings (SSSR count). The van der Waals surface area contributed by atoms with E-state index >= 15 is 0 Å². The van der Waals surface area contributed by atoms with Gasteiger partial charge in [0.2, 0.25) is 0 Å². The van der Waals surface area contributed by atoms with Gasteiger partial charge in [-0.3, -0.25) is 19.2 Å². The van der Waals surface area contributed by atoms with Crippen LogP contribution in [0.1, 0.15) is 0 Å². The van der Waals surface area contributed by atoms with Crippen molar-refractivity contribution < 1.29 is 4.74 Å². The number of aromatic nitrogens is 3. The largest absolute Gasteiger partial charge is 0.497 e. The molecule has 0 atom stereocenters. The molecule has 0 unspecified atom stereocenters. The van der Waals surface area contributed by atoms with Gasteiger partial charge in [-0.05, 0) is 30.3 Å². The fourth-order valence-electron chi connectivity index (χ4n) is 3.37. The molecule has 0 fully saturated rings. The number of hydrogen-bond donors (Lipinski definition) is 0. The van der Waals surface area contributed by atoms with Gasteiger partial charge < -0.3 is 4.74 Å². The lowest BCUT2D eigenvalue weighted by atomic mass is 10.1. The number of nitrogens with zero attached hydrogens (tertiary/aromatic N) is 3. The topological polar surface area (TPSA) is 56.5 Å². The van der Waals surface area contributed by atoms with Crippen LogP contribution in [0.4, 0.5) is 0 Å². The van der Waals surface area contributed by atoms with Crippen LogP contribution in [0.5, 0.6) is 5.75 Å². The fraction of sp³-hybridized carbons (Fsp3) is 0.0556. The number of methoxy groups -OCH3 is 1. The summed E-state index contributed by atoms with van der Waals surface area (Å²) in [5.41, 5.74) is 2.44. The molecule has 0 radical (unpaired) electrons. The molecule has 4 heterocycles. The molecule has 110 valence electrons. The van der Waals surface area contributed by atoms with Gasteiger partial charge in [-0.25, -0.2) is 0 Å². The quantitative estimate of drug-likeness (QED) is 0.447. The Morgan fingerprint density at radius 3 is 2.74 bits per heavy atom.